The molecule has 0 aliphatic heterocycles. The van der Waals surface area contributed by atoms with E-state index in [0.29, 0.717) is 39.3 Å². The fourth-order valence-corrected chi connectivity index (χ4v) is 4.38. The zero-order chi connectivity index (χ0) is 26.6. The van der Waals surface area contributed by atoms with Gasteiger partial charge >= 0.3 is 0 Å². The number of nitrogens with zero attached hydrogens (tertiary/aromatic N) is 2. The van der Waals surface area contributed by atoms with E-state index in [1.165, 1.54) is 10.9 Å². The van der Waals surface area contributed by atoms with Crippen LogP contribution in [0.15, 0.2) is 54.7 Å². The molecule has 0 saturated heterocycles. The number of hydrogen-bond donors (Lipinski definition) is 1. The van der Waals surface area contributed by atoms with Crippen LogP contribution in [-0.2, 0) is 27.3 Å². The van der Waals surface area contributed by atoms with Gasteiger partial charge in [-0.25, -0.2) is 0 Å². The van der Waals surface area contributed by atoms with Crippen molar-refractivity contribution >= 4 is 22.7 Å². The minimum atomic E-state index is -0.124. The highest BCUT2D eigenvalue weighted by molar-refractivity contribution is 5.86. The Hall–Kier alpha value is -3.32. The van der Waals surface area contributed by atoms with E-state index in [-0.39, 0.29) is 24.3 Å². The number of amides is 2. The van der Waals surface area contributed by atoms with Crippen molar-refractivity contribution < 1.29 is 19.1 Å². The van der Waals surface area contributed by atoms with Gasteiger partial charge in [-0.2, -0.15) is 0 Å². The van der Waals surface area contributed by atoms with Crippen LogP contribution in [0.25, 0.3) is 10.9 Å². The van der Waals surface area contributed by atoms with Crippen LogP contribution < -0.4 is 4.74 Å². The predicted molar refractivity (Wildman–Crippen MR) is 148 cm³/mol. The number of aromatic nitrogens is 1. The van der Waals surface area contributed by atoms with E-state index in [2.05, 4.69) is 17.1 Å². The summed E-state index contributed by atoms with van der Waals surface area (Å²) in [5, 5.41) is 1.17. The largest absolute Gasteiger partial charge is 0.494 e. The predicted octanol–water partition coefficient (Wildman–Crippen LogP) is 5.05. The summed E-state index contributed by atoms with van der Waals surface area (Å²) in [7, 11) is 1.65. The minimum Gasteiger partial charge on any atom is -0.494 e. The van der Waals surface area contributed by atoms with E-state index >= 15 is 0 Å². The average molecular weight is 508 g/mol. The molecule has 7 nitrogen and oxygen atoms in total. The Morgan fingerprint density at radius 1 is 1.00 bits per heavy atom. The lowest BCUT2D eigenvalue weighted by Crippen LogP contribution is -2.45. The molecule has 7 heteroatoms. The second-order valence-electron chi connectivity index (χ2n) is 9.42. The maximum atomic E-state index is 13.7. The van der Waals surface area contributed by atoms with E-state index in [1.807, 2.05) is 68.3 Å². The molecular weight excluding hydrogens is 466 g/mol. The Morgan fingerprint density at radius 2 is 1.76 bits per heavy atom. The van der Waals surface area contributed by atoms with Gasteiger partial charge < -0.3 is 24.3 Å². The summed E-state index contributed by atoms with van der Waals surface area (Å²) in [6.07, 6.45) is 4.17. The molecule has 3 aromatic rings. The molecule has 1 N–H and O–H groups in total. The van der Waals surface area contributed by atoms with Crippen LogP contribution in [-0.4, -0.2) is 66.6 Å². The first-order valence-corrected chi connectivity index (χ1v) is 13.3. The maximum Gasteiger partial charge on any atom is 0.242 e. The molecule has 0 spiro atoms. The topological polar surface area (TPSA) is 74.9 Å². The number of carbonyl (C=O) groups excluding carboxylic acids is 2. The Balaban J connectivity index is 1.78. The summed E-state index contributed by atoms with van der Waals surface area (Å²) >= 11 is 0. The number of methoxy groups -OCH3 is 1. The summed E-state index contributed by atoms with van der Waals surface area (Å²) in [4.78, 5) is 33.6. The monoisotopic (exact) mass is 507 g/mol. The first-order valence-electron chi connectivity index (χ1n) is 13.3. The van der Waals surface area contributed by atoms with Crippen molar-refractivity contribution in [3.63, 3.8) is 0 Å². The highest BCUT2D eigenvalue weighted by Crippen LogP contribution is 2.20. The Bertz CT molecular complexity index is 1130. The van der Waals surface area contributed by atoms with Crippen molar-refractivity contribution in [2.75, 3.05) is 40.0 Å². The van der Waals surface area contributed by atoms with Crippen LogP contribution in [0.3, 0.4) is 0 Å². The fraction of sp³-hybridized carbons (Fsp3) is 0.467. The van der Waals surface area contributed by atoms with Crippen molar-refractivity contribution in [1.29, 1.82) is 0 Å². The quantitative estimate of drug-likeness (QED) is 0.292. The van der Waals surface area contributed by atoms with Gasteiger partial charge in [0, 0.05) is 56.4 Å². The Morgan fingerprint density at radius 3 is 2.46 bits per heavy atom. The van der Waals surface area contributed by atoms with E-state index < -0.39 is 0 Å². The molecule has 0 aliphatic carbocycles. The normalized spacial score (nSPS) is 11.9. The number of benzene rings is 2. The van der Waals surface area contributed by atoms with Crippen LogP contribution >= 0.6 is 0 Å². The summed E-state index contributed by atoms with van der Waals surface area (Å²) < 4.78 is 10.8. The van der Waals surface area contributed by atoms with Crippen LogP contribution in [0.5, 0.6) is 5.75 Å². The standard InChI is InChI=1S/C30H41N3O4/c1-5-23(3)30(35)33(17-9-19-36-4)22-29(34)32(21-24-12-14-26(15-13-24)37-6-2)18-16-25-20-31-28-11-8-7-10-27(25)28/h7-8,10-15,20,23,31H,5-6,9,16-19,21-22H2,1-4H3. The van der Waals surface area contributed by atoms with Gasteiger partial charge in [-0.15, -0.1) is 0 Å². The fourth-order valence-electron chi connectivity index (χ4n) is 4.38. The molecule has 1 heterocycles. The number of rotatable bonds is 15. The van der Waals surface area contributed by atoms with Crippen molar-refractivity contribution in [1.82, 2.24) is 14.8 Å². The molecule has 1 aromatic heterocycles. The SMILES string of the molecule is CCOc1ccc(CN(CCc2c[nH]c3ccccc23)C(=O)CN(CCCOC)C(=O)C(C)CC)cc1. The lowest BCUT2D eigenvalue weighted by atomic mass is 10.1. The molecule has 0 saturated carbocycles. The van der Waals surface area contributed by atoms with Gasteiger partial charge in [-0.1, -0.05) is 44.2 Å². The van der Waals surface area contributed by atoms with Gasteiger partial charge in [0.15, 0.2) is 0 Å². The molecule has 1 unspecified atom stereocenters. The lowest BCUT2D eigenvalue weighted by Gasteiger charge is -2.29. The molecule has 2 aromatic carbocycles. The third-order valence-corrected chi connectivity index (χ3v) is 6.73. The van der Waals surface area contributed by atoms with Crippen molar-refractivity contribution in [3.05, 3.63) is 65.9 Å². The number of H-pyrrole nitrogens is 1. The average Bonchev–Trinajstić information content (AvgIpc) is 3.33. The van der Waals surface area contributed by atoms with Crippen molar-refractivity contribution in [2.45, 2.75) is 46.6 Å². The van der Waals surface area contributed by atoms with Crippen LogP contribution in [0, 0.1) is 5.92 Å². The molecule has 3 rings (SSSR count). The molecule has 200 valence electrons. The summed E-state index contributed by atoms with van der Waals surface area (Å²) in [5.74, 6) is 0.653. The van der Waals surface area contributed by atoms with Gasteiger partial charge in [-0.3, -0.25) is 9.59 Å². The van der Waals surface area contributed by atoms with E-state index in [4.69, 9.17) is 9.47 Å². The minimum absolute atomic E-state index is 0.0181. The molecular formula is C30H41N3O4. The van der Waals surface area contributed by atoms with Gasteiger partial charge in [0.2, 0.25) is 11.8 Å². The van der Waals surface area contributed by atoms with Gasteiger partial charge in [0.25, 0.3) is 0 Å². The first-order chi connectivity index (χ1) is 18.0. The number of ether oxygens (including phenoxy) is 2. The lowest BCUT2D eigenvalue weighted by molar-refractivity contribution is -0.143. The second kappa shape index (κ2) is 14.4. The van der Waals surface area contributed by atoms with Crippen LogP contribution in [0.4, 0.5) is 0 Å². The number of hydrogen-bond acceptors (Lipinski definition) is 4. The maximum absolute atomic E-state index is 13.7. The molecule has 1 atom stereocenters. The number of fused-ring (bicyclic) bond motifs is 1. The molecule has 0 radical (unpaired) electrons. The third-order valence-electron chi connectivity index (χ3n) is 6.73. The van der Waals surface area contributed by atoms with Gasteiger partial charge in [0.05, 0.1) is 13.2 Å². The first kappa shape index (κ1) is 28.3. The van der Waals surface area contributed by atoms with Crippen LogP contribution in [0.2, 0.25) is 0 Å². The molecule has 37 heavy (non-hydrogen) atoms. The molecule has 0 bridgehead atoms. The number of para-hydroxylation sites is 1. The zero-order valence-electron chi connectivity index (χ0n) is 22.7. The number of aromatic amines is 1. The molecule has 0 aliphatic rings. The molecule has 0 fully saturated rings. The van der Waals surface area contributed by atoms with Crippen LogP contribution in [0.1, 0.15) is 44.7 Å². The number of carbonyl (C=O) groups is 2. The van der Waals surface area contributed by atoms with Gasteiger partial charge in [-0.05, 0) is 55.5 Å². The van der Waals surface area contributed by atoms with Crippen molar-refractivity contribution in [2.24, 2.45) is 5.92 Å². The van der Waals surface area contributed by atoms with E-state index in [0.717, 1.165) is 29.7 Å². The summed E-state index contributed by atoms with van der Waals surface area (Å²) in [6.45, 7) is 8.63. The smallest absolute Gasteiger partial charge is 0.242 e. The highest BCUT2D eigenvalue weighted by Gasteiger charge is 2.24. The summed E-state index contributed by atoms with van der Waals surface area (Å²) in [5.41, 5.74) is 3.29. The Kier molecular flexibility index (Phi) is 11.0. The van der Waals surface area contributed by atoms with Crippen molar-refractivity contribution in [3.8, 4) is 5.75 Å². The number of nitrogens with one attached hydrogen (secondary N) is 1. The van der Waals surface area contributed by atoms with E-state index in [9.17, 15) is 9.59 Å². The Labute approximate surface area is 220 Å². The third kappa shape index (κ3) is 8.09. The highest BCUT2D eigenvalue weighted by atomic mass is 16.5. The molecule has 2 amide bonds. The zero-order valence-corrected chi connectivity index (χ0v) is 22.7. The summed E-state index contributed by atoms with van der Waals surface area (Å²) in [6, 6.07) is 16.1. The second-order valence-corrected chi connectivity index (χ2v) is 9.42. The van der Waals surface area contributed by atoms with E-state index in [1.54, 1.807) is 12.0 Å². The van der Waals surface area contributed by atoms with Gasteiger partial charge in [0.1, 0.15) is 5.75 Å².